The van der Waals surface area contributed by atoms with Crippen LogP contribution in [0.5, 0.6) is 5.75 Å². The summed E-state index contributed by atoms with van der Waals surface area (Å²) in [7, 11) is 1.56. The van der Waals surface area contributed by atoms with Crippen molar-refractivity contribution < 1.29 is 9.84 Å². The Kier molecular flexibility index (Phi) is 4.18. The summed E-state index contributed by atoms with van der Waals surface area (Å²) in [4.78, 5) is 0. The fourth-order valence-electron chi connectivity index (χ4n) is 1.33. The van der Waals surface area contributed by atoms with Crippen LogP contribution in [0.3, 0.4) is 0 Å². The molecule has 0 fully saturated rings. The standard InChI is InChI=1S/C12H15ClO2/c1-8(2)6-11(14)10-5-4-9(13)7-12(10)15-3/h4-7,11,14H,1-3H3. The summed E-state index contributed by atoms with van der Waals surface area (Å²) in [6, 6.07) is 5.20. The van der Waals surface area contributed by atoms with Gasteiger partial charge in [-0.2, -0.15) is 0 Å². The van der Waals surface area contributed by atoms with Crippen molar-refractivity contribution in [3.63, 3.8) is 0 Å². The van der Waals surface area contributed by atoms with Gasteiger partial charge in [0.15, 0.2) is 0 Å². The van der Waals surface area contributed by atoms with Crippen molar-refractivity contribution in [3.8, 4) is 5.75 Å². The quantitative estimate of drug-likeness (QED) is 0.801. The zero-order valence-corrected chi connectivity index (χ0v) is 9.88. The molecule has 0 heterocycles. The minimum absolute atomic E-state index is 0.597. The maximum Gasteiger partial charge on any atom is 0.126 e. The van der Waals surface area contributed by atoms with Crippen molar-refractivity contribution in [2.45, 2.75) is 20.0 Å². The summed E-state index contributed by atoms with van der Waals surface area (Å²) in [6.07, 6.45) is 1.12. The first-order valence-corrected chi connectivity index (χ1v) is 5.09. The van der Waals surface area contributed by atoms with Gasteiger partial charge in [-0.1, -0.05) is 29.3 Å². The predicted molar refractivity (Wildman–Crippen MR) is 62.4 cm³/mol. The van der Waals surface area contributed by atoms with E-state index in [1.807, 2.05) is 13.8 Å². The molecule has 1 aromatic carbocycles. The second kappa shape index (κ2) is 5.19. The summed E-state index contributed by atoms with van der Waals surface area (Å²) < 4.78 is 5.16. The normalized spacial score (nSPS) is 12.1. The molecule has 2 nitrogen and oxygen atoms in total. The van der Waals surface area contributed by atoms with Crippen LogP contribution in [0.25, 0.3) is 0 Å². The van der Waals surface area contributed by atoms with Gasteiger partial charge in [0.05, 0.1) is 7.11 Å². The van der Waals surface area contributed by atoms with Gasteiger partial charge in [0.1, 0.15) is 11.9 Å². The molecular formula is C12H15ClO2. The van der Waals surface area contributed by atoms with Crippen LogP contribution in [0.1, 0.15) is 25.5 Å². The highest BCUT2D eigenvalue weighted by Gasteiger charge is 2.10. The first kappa shape index (κ1) is 12.1. The first-order chi connectivity index (χ1) is 7.04. The van der Waals surface area contributed by atoms with E-state index in [1.165, 1.54) is 0 Å². The molecule has 0 amide bonds. The highest BCUT2D eigenvalue weighted by Crippen LogP contribution is 2.29. The van der Waals surface area contributed by atoms with Crippen molar-refractivity contribution in [3.05, 3.63) is 40.4 Å². The highest BCUT2D eigenvalue weighted by molar-refractivity contribution is 6.30. The summed E-state index contributed by atoms with van der Waals surface area (Å²) in [5, 5.41) is 10.5. The molecule has 0 saturated carbocycles. The maximum absolute atomic E-state index is 9.89. The molecule has 1 N–H and O–H groups in total. The zero-order chi connectivity index (χ0) is 11.4. The molecule has 82 valence electrons. The SMILES string of the molecule is COc1cc(Cl)ccc1C(O)C=C(C)C. The lowest BCUT2D eigenvalue weighted by atomic mass is 10.1. The van der Waals surface area contributed by atoms with E-state index in [4.69, 9.17) is 16.3 Å². The van der Waals surface area contributed by atoms with E-state index in [-0.39, 0.29) is 0 Å². The molecule has 0 saturated heterocycles. The average molecular weight is 227 g/mol. The van der Waals surface area contributed by atoms with E-state index in [9.17, 15) is 5.11 Å². The Morgan fingerprint density at radius 1 is 1.47 bits per heavy atom. The molecule has 0 aliphatic heterocycles. The first-order valence-electron chi connectivity index (χ1n) is 4.71. The van der Waals surface area contributed by atoms with Crippen molar-refractivity contribution in [2.24, 2.45) is 0 Å². The Morgan fingerprint density at radius 2 is 2.13 bits per heavy atom. The molecule has 0 spiro atoms. The summed E-state index contributed by atoms with van der Waals surface area (Å²) in [5.41, 5.74) is 1.78. The number of methoxy groups -OCH3 is 1. The van der Waals surface area contributed by atoms with Gasteiger partial charge in [-0.3, -0.25) is 0 Å². The molecule has 1 rings (SSSR count). The van der Waals surface area contributed by atoms with E-state index in [1.54, 1.807) is 31.4 Å². The molecule has 3 heteroatoms. The minimum Gasteiger partial charge on any atom is -0.496 e. The number of rotatable bonds is 3. The molecular weight excluding hydrogens is 212 g/mol. The van der Waals surface area contributed by atoms with Crippen molar-refractivity contribution in [1.29, 1.82) is 0 Å². The second-order valence-corrected chi connectivity index (χ2v) is 4.01. The summed E-state index contributed by atoms with van der Waals surface area (Å²) in [6.45, 7) is 3.87. The van der Waals surface area contributed by atoms with Crippen LogP contribution in [-0.4, -0.2) is 12.2 Å². The number of hydrogen-bond donors (Lipinski definition) is 1. The molecule has 0 radical (unpaired) electrons. The van der Waals surface area contributed by atoms with Gasteiger partial charge in [-0.25, -0.2) is 0 Å². The van der Waals surface area contributed by atoms with Gasteiger partial charge in [0, 0.05) is 10.6 Å². The molecule has 1 unspecified atom stereocenters. The molecule has 0 aromatic heterocycles. The minimum atomic E-state index is -0.651. The monoisotopic (exact) mass is 226 g/mol. The van der Waals surface area contributed by atoms with E-state index in [0.29, 0.717) is 10.8 Å². The van der Waals surface area contributed by atoms with E-state index >= 15 is 0 Å². The molecule has 0 bridgehead atoms. The van der Waals surface area contributed by atoms with Gasteiger partial charge < -0.3 is 9.84 Å². The van der Waals surface area contributed by atoms with Crippen molar-refractivity contribution >= 4 is 11.6 Å². The average Bonchev–Trinajstić information content (AvgIpc) is 2.16. The number of allylic oxidation sites excluding steroid dienone is 1. The van der Waals surface area contributed by atoms with Gasteiger partial charge >= 0.3 is 0 Å². The number of aliphatic hydroxyl groups excluding tert-OH is 1. The van der Waals surface area contributed by atoms with Crippen LogP contribution in [0.15, 0.2) is 29.8 Å². The van der Waals surface area contributed by atoms with Gasteiger partial charge in [-0.05, 0) is 26.0 Å². The topological polar surface area (TPSA) is 29.5 Å². The van der Waals surface area contributed by atoms with E-state index in [2.05, 4.69) is 0 Å². The third-order valence-electron chi connectivity index (χ3n) is 2.01. The maximum atomic E-state index is 9.89. The number of ether oxygens (including phenoxy) is 1. The summed E-state index contributed by atoms with van der Waals surface area (Å²) >= 11 is 5.83. The van der Waals surface area contributed by atoms with Crippen LogP contribution >= 0.6 is 11.6 Å². The molecule has 1 atom stereocenters. The number of benzene rings is 1. The summed E-state index contributed by atoms with van der Waals surface area (Å²) in [5.74, 6) is 0.604. The smallest absolute Gasteiger partial charge is 0.126 e. The van der Waals surface area contributed by atoms with Crippen LogP contribution in [0, 0.1) is 0 Å². The third kappa shape index (κ3) is 3.26. The highest BCUT2D eigenvalue weighted by atomic mass is 35.5. The van der Waals surface area contributed by atoms with Crippen LogP contribution in [0.2, 0.25) is 5.02 Å². The van der Waals surface area contributed by atoms with E-state index in [0.717, 1.165) is 11.1 Å². The van der Waals surface area contributed by atoms with Crippen molar-refractivity contribution in [2.75, 3.05) is 7.11 Å². The Balaban J connectivity index is 3.08. The zero-order valence-electron chi connectivity index (χ0n) is 9.12. The van der Waals surface area contributed by atoms with Gasteiger partial charge in [0.2, 0.25) is 0 Å². The molecule has 15 heavy (non-hydrogen) atoms. The van der Waals surface area contributed by atoms with Gasteiger partial charge in [-0.15, -0.1) is 0 Å². The lowest BCUT2D eigenvalue weighted by molar-refractivity contribution is 0.222. The Hall–Kier alpha value is -0.990. The number of hydrogen-bond acceptors (Lipinski definition) is 2. The Bertz CT molecular complexity index is 368. The fourth-order valence-corrected chi connectivity index (χ4v) is 1.50. The number of halogens is 1. The lowest BCUT2D eigenvalue weighted by Gasteiger charge is -2.12. The fraction of sp³-hybridized carbons (Fsp3) is 0.333. The Morgan fingerprint density at radius 3 is 2.67 bits per heavy atom. The Labute approximate surface area is 95.1 Å². The van der Waals surface area contributed by atoms with Gasteiger partial charge in [0.25, 0.3) is 0 Å². The molecule has 0 aliphatic carbocycles. The second-order valence-electron chi connectivity index (χ2n) is 3.58. The van der Waals surface area contributed by atoms with E-state index < -0.39 is 6.10 Å². The lowest BCUT2D eigenvalue weighted by Crippen LogP contribution is -1.98. The molecule has 1 aromatic rings. The van der Waals surface area contributed by atoms with Crippen LogP contribution < -0.4 is 4.74 Å². The molecule has 0 aliphatic rings. The van der Waals surface area contributed by atoms with Crippen molar-refractivity contribution in [1.82, 2.24) is 0 Å². The largest absolute Gasteiger partial charge is 0.496 e. The van der Waals surface area contributed by atoms with Crippen LogP contribution in [0.4, 0.5) is 0 Å². The predicted octanol–water partition coefficient (Wildman–Crippen LogP) is 3.35. The third-order valence-corrected chi connectivity index (χ3v) is 2.24. The van der Waals surface area contributed by atoms with Crippen LogP contribution in [-0.2, 0) is 0 Å². The number of aliphatic hydroxyl groups is 1.